The minimum Gasteiger partial charge on any atom is -0.352 e. The van der Waals surface area contributed by atoms with Crippen molar-refractivity contribution >= 4 is 17.5 Å². The SMILES string of the molecule is O=C(CN(Cc1ccccc1)C(=O)c1ccc([N+](=O)[O-])cc1)NC1CCCCC1. The molecule has 1 aliphatic carbocycles. The number of benzene rings is 2. The first-order chi connectivity index (χ1) is 14.0. The van der Waals surface area contributed by atoms with Crippen molar-refractivity contribution in [3.05, 3.63) is 75.8 Å². The molecule has 0 bridgehead atoms. The highest BCUT2D eigenvalue weighted by atomic mass is 16.6. The molecule has 7 nitrogen and oxygen atoms in total. The second-order valence-electron chi connectivity index (χ2n) is 7.35. The first-order valence-electron chi connectivity index (χ1n) is 9.90. The Morgan fingerprint density at radius 3 is 2.28 bits per heavy atom. The van der Waals surface area contributed by atoms with Crippen LogP contribution in [0.2, 0.25) is 0 Å². The van der Waals surface area contributed by atoms with Crippen LogP contribution < -0.4 is 5.32 Å². The van der Waals surface area contributed by atoms with Gasteiger partial charge in [0.15, 0.2) is 0 Å². The average Bonchev–Trinajstić information content (AvgIpc) is 2.74. The highest BCUT2D eigenvalue weighted by Gasteiger charge is 2.22. The van der Waals surface area contributed by atoms with E-state index in [4.69, 9.17) is 0 Å². The fourth-order valence-corrected chi connectivity index (χ4v) is 3.61. The zero-order chi connectivity index (χ0) is 20.6. The molecule has 152 valence electrons. The molecule has 1 N–H and O–H groups in total. The van der Waals surface area contributed by atoms with Crippen LogP contribution in [0, 0.1) is 10.1 Å². The van der Waals surface area contributed by atoms with Gasteiger partial charge in [-0.25, -0.2) is 0 Å². The fourth-order valence-electron chi connectivity index (χ4n) is 3.61. The second kappa shape index (κ2) is 9.82. The first kappa shape index (κ1) is 20.5. The second-order valence-corrected chi connectivity index (χ2v) is 7.35. The monoisotopic (exact) mass is 395 g/mol. The van der Waals surface area contributed by atoms with Crippen LogP contribution in [0.15, 0.2) is 54.6 Å². The summed E-state index contributed by atoms with van der Waals surface area (Å²) in [4.78, 5) is 37.5. The van der Waals surface area contributed by atoms with Crippen molar-refractivity contribution in [2.45, 2.75) is 44.7 Å². The number of carbonyl (C=O) groups excluding carboxylic acids is 2. The normalized spacial score (nSPS) is 14.2. The Balaban J connectivity index is 1.73. The minimum atomic E-state index is -0.506. The number of hydrogen-bond donors (Lipinski definition) is 1. The molecular weight excluding hydrogens is 370 g/mol. The van der Waals surface area contributed by atoms with Gasteiger partial charge in [-0.2, -0.15) is 0 Å². The molecule has 0 aromatic heterocycles. The highest BCUT2D eigenvalue weighted by molar-refractivity contribution is 5.96. The molecule has 2 amide bonds. The Hall–Kier alpha value is -3.22. The van der Waals surface area contributed by atoms with E-state index in [2.05, 4.69) is 5.32 Å². The Morgan fingerprint density at radius 1 is 1.00 bits per heavy atom. The van der Waals surface area contributed by atoms with Gasteiger partial charge in [0.05, 0.1) is 4.92 Å². The van der Waals surface area contributed by atoms with Crippen LogP contribution in [0.4, 0.5) is 5.69 Å². The summed E-state index contributed by atoms with van der Waals surface area (Å²) in [6, 6.07) is 15.1. The van der Waals surface area contributed by atoms with E-state index >= 15 is 0 Å². The molecule has 1 aliphatic rings. The number of amides is 2. The van der Waals surface area contributed by atoms with Gasteiger partial charge >= 0.3 is 0 Å². The summed E-state index contributed by atoms with van der Waals surface area (Å²) >= 11 is 0. The number of nitrogens with zero attached hydrogens (tertiary/aromatic N) is 2. The highest BCUT2D eigenvalue weighted by Crippen LogP contribution is 2.18. The van der Waals surface area contributed by atoms with Crippen LogP contribution in [0.3, 0.4) is 0 Å². The maximum atomic E-state index is 13.0. The third-order valence-electron chi connectivity index (χ3n) is 5.13. The van der Waals surface area contributed by atoms with Gasteiger partial charge in [-0.15, -0.1) is 0 Å². The summed E-state index contributed by atoms with van der Waals surface area (Å²) in [7, 11) is 0. The third kappa shape index (κ3) is 5.88. The van der Waals surface area contributed by atoms with Crippen LogP contribution in [0.1, 0.15) is 48.0 Å². The number of hydrogen-bond acceptors (Lipinski definition) is 4. The zero-order valence-corrected chi connectivity index (χ0v) is 16.3. The maximum Gasteiger partial charge on any atom is 0.269 e. The molecule has 2 aromatic carbocycles. The quantitative estimate of drug-likeness (QED) is 0.572. The minimum absolute atomic E-state index is 0.0544. The van der Waals surface area contributed by atoms with Gasteiger partial charge < -0.3 is 10.2 Å². The van der Waals surface area contributed by atoms with E-state index in [0.29, 0.717) is 5.56 Å². The lowest BCUT2D eigenvalue weighted by molar-refractivity contribution is -0.384. The van der Waals surface area contributed by atoms with Gasteiger partial charge in [0, 0.05) is 30.3 Å². The molecule has 1 saturated carbocycles. The smallest absolute Gasteiger partial charge is 0.269 e. The van der Waals surface area contributed by atoms with Crippen LogP contribution in [-0.2, 0) is 11.3 Å². The number of rotatable bonds is 7. The predicted molar refractivity (Wildman–Crippen MR) is 109 cm³/mol. The molecule has 1 fully saturated rings. The first-order valence-corrected chi connectivity index (χ1v) is 9.90. The summed E-state index contributed by atoms with van der Waals surface area (Å²) in [5, 5.41) is 13.9. The summed E-state index contributed by atoms with van der Waals surface area (Å²) in [6.07, 6.45) is 5.37. The standard InChI is InChI=1S/C22H25N3O4/c26-21(23-19-9-5-2-6-10-19)16-24(15-17-7-3-1-4-8-17)22(27)18-11-13-20(14-12-18)25(28)29/h1,3-4,7-8,11-14,19H,2,5-6,9-10,15-16H2,(H,23,26). The molecule has 0 radical (unpaired) electrons. The number of nitrogens with one attached hydrogen (secondary N) is 1. The largest absolute Gasteiger partial charge is 0.352 e. The van der Waals surface area contributed by atoms with Crippen LogP contribution in [0.25, 0.3) is 0 Å². The summed E-state index contributed by atoms with van der Waals surface area (Å²) in [5.74, 6) is -0.509. The van der Waals surface area contributed by atoms with E-state index in [0.717, 1.165) is 31.2 Å². The van der Waals surface area contributed by atoms with Gasteiger partial charge in [0.2, 0.25) is 5.91 Å². The van der Waals surface area contributed by atoms with Crippen molar-refractivity contribution in [2.75, 3.05) is 6.54 Å². The van der Waals surface area contributed by atoms with Crippen molar-refractivity contribution in [3.63, 3.8) is 0 Å². The van der Waals surface area contributed by atoms with Gasteiger partial charge in [0.25, 0.3) is 11.6 Å². The number of carbonyl (C=O) groups is 2. The topological polar surface area (TPSA) is 92.5 Å². The van der Waals surface area contributed by atoms with E-state index < -0.39 is 4.92 Å². The van der Waals surface area contributed by atoms with Crippen LogP contribution >= 0.6 is 0 Å². The molecule has 0 heterocycles. The van der Waals surface area contributed by atoms with Gasteiger partial charge in [-0.3, -0.25) is 19.7 Å². The lowest BCUT2D eigenvalue weighted by Crippen LogP contribution is -2.44. The molecular formula is C22H25N3O4. The Labute approximate surface area is 169 Å². The van der Waals surface area contributed by atoms with E-state index in [9.17, 15) is 19.7 Å². The average molecular weight is 395 g/mol. The van der Waals surface area contributed by atoms with Crippen molar-refractivity contribution in [2.24, 2.45) is 0 Å². The lowest BCUT2D eigenvalue weighted by Gasteiger charge is -2.26. The molecule has 2 aromatic rings. The Morgan fingerprint density at radius 2 is 1.66 bits per heavy atom. The molecule has 3 rings (SSSR count). The van der Waals surface area contributed by atoms with Crippen molar-refractivity contribution in [1.82, 2.24) is 10.2 Å². The number of nitro benzene ring substituents is 1. The summed E-state index contributed by atoms with van der Waals surface area (Å²) in [6.45, 7) is 0.232. The third-order valence-corrected chi connectivity index (χ3v) is 5.13. The van der Waals surface area contributed by atoms with Crippen molar-refractivity contribution in [1.29, 1.82) is 0 Å². The molecule has 0 saturated heterocycles. The van der Waals surface area contributed by atoms with Crippen LogP contribution in [-0.4, -0.2) is 34.2 Å². The molecule has 0 unspecified atom stereocenters. The molecule has 0 spiro atoms. The molecule has 7 heteroatoms. The van der Waals surface area contributed by atoms with E-state index in [1.807, 2.05) is 30.3 Å². The predicted octanol–water partition coefficient (Wildman–Crippen LogP) is 3.69. The van der Waals surface area contributed by atoms with Gasteiger partial charge in [-0.05, 0) is 30.5 Å². The fraction of sp³-hybridized carbons (Fsp3) is 0.364. The van der Waals surface area contributed by atoms with E-state index in [-0.39, 0.29) is 36.6 Å². The summed E-state index contributed by atoms with van der Waals surface area (Å²) < 4.78 is 0. The van der Waals surface area contributed by atoms with Gasteiger partial charge in [-0.1, -0.05) is 49.6 Å². The molecule has 0 atom stereocenters. The Bertz CT molecular complexity index is 846. The number of nitro groups is 1. The lowest BCUT2D eigenvalue weighted by atomic mass is 9.95. The molecule has 0 aliphatic heterocycles. The molecule has 29 heavy (non-hydrogen) atoms. The Kier molecular flexibility index (Phi) is 6.94. The number of non-ortho nitro benzene ring substituents is 1. The van der Waals surface area contributed by atoms with E-state index in [1.165, 1.54) is 35.6 Å². The van der Waals surface area contributed by atoms with Gasteiger partial charge in [0.1, 0.15) is 6.54 Å². The van der Waals surface area contributed by atoms with E-state index in [1.54, 1.807) is 0 Å². The van der Waals surface area contributed by atoms with Crippen molar-refractivity contribution in [3.8, 4) is 0 Å². The maximum absolute atomic E-state index is 13.0. The zero-order valence-electron chi connectivity index (χ0n) is 16.3. The summed E-state index contributed by atoms with van der Waals surface area (Å²) in [5.41, 5.74) is 1.15. The van der Waals surface area contributed by atoms with Crippen LogP contribution in [0.5, 0.6) is 0 Å². The van der Waals surface area contributed by atoms with Crippen molar-refractivity contribution < 1.29 is 14.5 Å².